The van der Waals surface area contributed by atoms with Gasteiger partial charge in [-0.05, 0) is 17.5 Å². The van der Waals surface area contributed by atoms with Gasteiger partial charge in [-0.3, -0.25) is 0 Å². The number of nitrogens with two attached hydrogens (primary N) is 1. The van der Waals surface area contributed by atoms with E-state index in [1.807, 2.05) is 17.5 Å². The van der Waals surface area contributed by atoms with Crippen molar-refractivity contribution in [3.8, 4) is 11.5 Å². The Kier molecular flexibility index (Phi) is 4.18. The lowest BCUT2D eigenvalue weighted by Crippen LogP contribution is -2.10. The first-order valence-corrected chi connectivity index (χ1v) is 5.38. The second kappa shape index (κ2) is 5.21. The lowest BCUT2D eigenvalue weighted by molar-refractivity contribution is 0.398. The summed E-state index contributed by atoms with van der Waals surface area (Å²) in [5.74, 6) is -0.280. The lowest BCUT2D eigenvalue weighted by Gasteiger charge is -2.12. The minimum atomic E-state index is -0.392. The summed E-state index contributed by atoms with van der Waals surface area (Å²) in [6, 6.07) is 8.22. The van der Waals surface area contributed by atoms with E-state index in [0.29, 0.717) is 5.56 Å². The molecule has 0 unspecified atom stereocenters. The number of halogens is 1. The molecule has 0 saturated carbocycles. The van der Waals surface area contributed by atoms with Gasteiger partial charge in [-0.2, -0.15) is 0 Å². The largest absolute Gasteiger partial charge is 0.504 e. The third-order valence-electron chi connectivity index (χ3n) is 2.23. The number of rotatable bonds is 2. The van der Waals surface area contributed by atoms with Crippen molar-refractivity contribution in [2.24, 2.45) is 5.73 Å². The van der Waals surface area contributed by atoms with Crippen molar-refractivity contribution in [1.82, 2.24) is 0 Å². The molecule has 1 atom stereocenters. The molecule has 3 nitrogen and oxygen atoms in total. The third kappa shape index (κ3) is 2.29. The SMILES string of the molecule is Cl.N[C@@H](c1cccs1)c1cccc(O)c1O. The van der Waals surface area contributed by atoms with Gasteiger partial charge in [0.15, 0.2) is 11.5 Å². The number of thiophene rings is 1. The molecule has 0 spiro atoms. The van der Waals surface area contributed by atoms with Gasteiger partial charge in [0.05, 0.1) is 6.04 Å². The smallest absolute Gasteiger partial charge is 0.162 e. The molecule has 1 aromatic carbocycles. The summed E-state index contributed by atoms with van der Waals surface area (Å²) in [4.78, 5) is 0.955. The number of benzene rings is 1. The Hall–Kier alpha value is -1.23. The zero-order chi connectivity index (χ0) is 10.8. The molecule has 1 heterocycles. The van der Waals surface area contributed by atoms with Crippen LogP contribution in [0.2, 0.25) is 0 Å². The van der Waals surface area contributed by atoms with Crippen LogP contribution in [0.25, 0.3) is 0 Å². The minimum Gasteiger partial charge on any atom is -0.504 e. The van der Waals surface area contributed by atoms with E-state index in [9.17, 15) is 10.2 Å². The van der Waals surface area contributed by atoms with E-state index in [4.69, 9.17) is 5.73 Å². The molecule has 86 valence electrons. The van der Waals surface area contributed by atoms with Crippen LogP contribution in [-0.2, 0) is 0 Å². The summed E-state index contributed by atoms with van der Waals surface area (Å²) in [7, 11) is 0. The summed E-state index contributed by atoms with van der Waals surface area (Å²) in [6.07, 6.45) is 0. The van der Waals surface area contributed by atoms with Crippen molar-refractivity contribution in [3.05, 3.63) is 46.2 Å². The summed E-state index contributed by atoms with van der Waals surface area (Å²) in [6.45, 7) is 0. The lowest BCUT2D eigenvalue weighted by atomic mass is 10.0. The van der Waals surface area contributed by atoms with Gasteiger partial charge in [0.25, 0.3) is 0 Å². The second-order valence-corrected chi connectivity index (χ2v) is 4.19. The monoisotopic (exact) mass is 257 g/mol. The molecule has 0 aliphatic carbocycles. The molecule has 0 aliphatic rings. The van der Waals surface area contributed by atoms with Crippen LogP contribution in [0.4, 0.5) is 0 Å². The highest BCUT2D eigenvalue weighted by Gasteiger charge is 2.15. The van der Waals surface area contributed by atoms with E-state index < -0.39 is 6.04 Å². The average Bonchev–Trinajstić information content (AvgIpc) is 2.74. The van der Waals surface area contributed by atoms with Crippen molar-refractivity contribution in [2.45, 2.75) is 6.04 Å². The first-order chi connectivity index (χ1) is 7.20. The summed E-state index contributed by atoms with van der Waals surface area (Å²) < 4.78 is 0. The minimum absolute atomic E-state index is 0. The van der Waals surface area contributed by atoms with E-state index in [-0.39, 0.29) is 23.9 Å². The Balaban J connectivity index is 0.00000128. The van der Waals surface area contributed by atoms with Crippen LogP contribution < -0.4 is 5.73 Å². The molecular formula is C11H12ClNO2S. The Morgan fingerprint density at radius 1 is 1.12 bits per heavy atom. The Morgan fingerprint density at radius 2 is 1.88 bits per heavy atom. The Bertz CT molecular complexity index is 459. The van der Waals surface area contributed by atoms with Crippen molar-refractivity contribution in [1.29, 1.82) is 0 Å². The molecule has 16 heavy (non-hydrogen) atoms. The fourth-order valence-electron chi connectivity index (χ4n) is 1.42. The summed E-state index contributed by atoms with van der Waals surface area (Å²) in [5, 5.41) is 20.9. The summed E-state index contributed by atoms with van der Waals surface area (Å²) >= 11 is 1.52. The fraction of sp³-hybridized carbons (Fsp3) is 0.0909. The Labute approximate surface area is 104 Å². The van der Waals surface area contributed by atoms with Gasteiger partial charge in [0.2, 0.25) is 0 Å². The normalized spacial score (nSPS) is 11.8. The number of hydrogen-bond acceptors (Lipinski definition) is 4. The highest BCUT2D eigenvalue weighted by Crippen LogP contribution is 2.35. The Morgan fingerprint density at radius 3 is 2.50 bits per heavy atom. The molecule has 0 fully saturated rings. The highest BCUT2D eigenvalue weighted by molar-refractivity contribution is 7.10. The van der Waals surface area contributed by atoms with Crippen LogP contribution in [0.3, 0.4) is 0 Å². The molecule has 1 aromatic heterocycles. The number of para-hydroxylation sites is 1. The van der Waals surface area contributed by atoms with Crippen LogP contribution in [-0.4, -0.2) is 10.2 Å². The van der Waals surface area contributed by atoms with Crippen LogP contribution in [0, 0.1) is 0 Å². The molecular weight excluding hydrogens is 246 g/mol. The van der Waals surface area contributed by atoms with Crippen LogP contribution in [0.1, 0.15) is 16.5 Å². The van der Waals surface area contributed by atoms with Gasteiger partial charge in [-0.25, -0.2) is 0 Å². The van der Waals surface area contributed by atoms with Gasteiger partial charge < -0.3 is 15.9 Å². The molecule has 0 radical (unpaired) electrons. The quantitative estimate of drug-likeness (QED) is 0.725. The average molecular weight is 258 g/mol. The van der Waals surface area contributed by atoms with E-state index in [1.54, 1.807) is 12.1 Å². The maximum Gasteiger partial charge on any atom is 0.162 e. The first kappa shape index (κ1) is 12.8. The maximum absolute atomic E-state index is 9.64. The van der Waals surface area contributed by atoms with E-state index in [1.165, 1.54) is 17.4 Å². The number of phenols is 2. The van der Waals surface area contributed by atoms with Crippen LogP contribution >= 0.6 is 23.7 Å². The van der Waals surface area contributed by atoms with Gasteiger partial charge in [-0.15, -0.1) is 23.7 Å². The highest BCUT2D eigenvalue weighted by atomic mass is 35.5. The molecule has 2 aromatic rings. The van der Waals surface area contributed by atoms with Crippen molar-refractivity contribution in [3.63, 3.8) is 0 Å². The van der Waals surface area contributed by atoms with Crippen LogP contribution in [0.15, 0.2) is 35.7 Å². The topological polar surface area (TPSA) is 66.5 Å². The van der Waals surface area contributed by atoms with E-state index in [2.05, 4.69) is 0 Å². The number of phenolic OH excluding ortho intramolecular Hbond substituents is 2. The molecule has 2 rings (SSSR count). The number of hydrogen-bond donors (Lipinski definition) is 3. The van der Waals surface area contributed by atoms with Crippen molar-refractivity contribution < 1.29 is 10.2 Å². The van der Waals surface area contributed by atoms with E-state index in [0.717, 1.165) is 4.88 Å². The molecule has 0 aliphatic heterocycles. The van der Waals surface area contributed by atoms with Gasteiger partial charge >= 0.3 is 0 Å². The molecule has 4 N–H and O–H groups in total. The van der Waals surface area contributed by atoms with Gasteiger partial charge in [-0.1, -0.05) is 18.2 Å². The fourth-order valence-corrected chi connectivity index (χ4v) is 2.17. The number of aromatic hydroxyl groups is 2. The predicted octanol–water partition coefficient (Wildman–Crippen LogP) is 2.63. The predicted molar refractivity (Wildman–Crippen MR) is 67.4 cm³/mol. The maximum atomic E-state index is 9.64. The van der Waals surface area contributed by atoms with E-state index >= 15 is 0 Å². The molecule has 0 amide bonds. The molecule has 0 saturated heterocycles. The second-order valence-electron chi connectivity index (χ2n) is 3.21. The zero-order valence-electron chi connectivity index (χ0n) is 8.33. The third-order valence-corrected chi connectivity index (χ3v) is 3.19. The molecule has 0 bridgehead atoms. The standard InChI is InChI=1S/C11H11NO2S.ClH/c12-10(9-5-2-6-15-9)7-3-1-4-8(13)11(7)14;/h1-6,10,13-14H,12H2;1H/t10-;/m1./s1. The zero-order valence-corrected chi connectivity index (χ0v) is 9.96. The summed E-state index contributed by atoms with van der Waals surface area (Å²) in [5.41, 5.74) is 6.51. The van der Waals surface area contributed by atoms with Crippen molar-refractivity contribution in [2.75, 3.05) is 0 Å². The first-order valence-electron chi connectivity index (χ1n) is 4.50. The van der Waals surface area contributed by atoms with Crippen molar-refractivity contribution >= 4 is 23.7 Å². The molecule has 5 heteroatoms. The van der Waals surface area contributed by atoms with Gasteiger partial charge in [0.1, 0.15) is 0 Å². The van der Waals surface area contributed by atoms with Gasteiger partial charge in [0, 0.05) is 10.4 Å². The van der Waals surface area contributed by atoms with Crippen LogP contribution in [0.5, 0.6) is 11.5 Å².